The zero-order valence-electron chi connectivity index (χ0n) is 11.2. The minimum Gasteiger partial charge on any atom is -0.378 e. The highest BCUT2D eigenvalue weighted by Gasteiger charge is 2.13. The lowest BCUT2D eigenvalue weighted by molar-refractivity contribution is -0.115. The van der Waals surface area contributed by atoms with Crippen LogP contribution in [0.15, 0.2) is 30.3 Å². The van der Waals surface area contributed by atoms with Gasteiger partial charge < -0.3 is 15.4 Å². The average Bonchev–Trinajstić information content (AvgIpc) is 2.46. The fraction of sp³-hybridized carbons (Fsp3) is 0.533. The second-order valence-corrected chi connectivity index (χ2v) is 4.87. The number of hydrogen-bond donors (Lipinski definition) is 2. The van der Waals surface area contributed by atoms with Crippen molar-refractivity contribution < 1.29 is 9.53 Å². The molecule has 1 heterocycles. The molecule has 1 fully saturated rings. The number of carbonyl (C=O) groups excluding carboxylic acids is 1. The maximum absolute atomic E-state index is 11.7. The van der Waals surface area contributed by atoms with Crippen molar-refractivity contribution in [1.82, 2.24) is 5.32 Å². The van der Waals surface area contributed by atoms with Crippen molar-refractivity contribution in [2.75, 3.05) is 25.0 Å². The first-order valence-corrected chi connectivity index (χ1v) is 7.02. The molecule has 1 amide bonds. The van der Waals surface area contributed by atoms with Crippen molar-refractivity contribution in [1.29, 1.82) is 0 Å². The van der Waals surface area contributed by atoms with Gasteiger partial charge in [0.25, 0.3) is 0 Å². The van der Waals surface area contributed by atoms with Gasteiger partial charge in [0.2, 0.25) is 5.91 Å². The van der Waals surface area contributed by atoms with Crippen LogP contribution in [0.5, 0.6) is 0 Å². The Morgan fingerprint density at radius 1 is 1.26 bits per heavy atom. The molecule has 4 heteroatoms. The molecule has 0 aliphatic carbocycles. The Bertz CT molecular complexity index is 375. The fourth-order valence-corrected chi connectivity index (χ4v) is 2.23. The Balaban J connectivity index is 1.56. The van der Waals surface area contributed by atoms with E-state index in [1.165, 1.54) is 12.8 Å². The Kier molecular flexibility index (Phi) is 5.85. The summed E-state index contributed by atoms with van der Waals surface area (Å²) in [5.41, 5.74) is 0.838. The summed E-state index contributed by atoms with van der Waals surface area (Å²) in [7, 11) is 0. The third-order valence-corrected chi connectivity index (χ3v) is 3.26. The van der Waals surface area contributed by atoms with Gasteiger partial charge in [-0.2, -0.15) is 0 Å². The van der Waals surface area contributed by atoms with Crippen LogP contribution in [0.3, 0.4) is 0 Å². The summed E-state index contributed by atoms with van der Waals surface area (Å²) < 4.78 is 5.64. The Hall–Kier alpha value is -1.39. The number of para-hydroxylation sites is 1. The van der Waals surface area contributed by atoms with Crippen LogP contribution in [-0.4, -0.2) is 31.7 Å². The molecule has 1 atom stereocenters. The Labute approximate surface area is 114 Å². The van der Waals surface area contributed by atoms with Crippen LogP contribution in [0.25, 0.3) is 0 Å². The third kappa shape index (κ3) is 5.41. The second-order valence-electron chi connectivity index (χ2n) is 4.87. The molecule has 4 nitrogen and oxygen atoms in total. The van der Waals surface area contributed by atoms with E-state index in [4.69, 9.17) is 4.74 Å². The van der Waals surface area contributed by atoms with Gasteiger partial charge in [0, 0.05) is 12.3 Å². The van der Waals surface area contributed by atoms with Crippen molar-refractivity contribution in [3.05, 3.63) is 30.3 Å². The van der Waals surface area contributed by atoms with Crippen molar-refractivity contribution in [2.24, 2.45) is 0 Å². The van der Waals surface area contributed by atoms with Crippen molar-refractivity contribution in [2.45, 2.75) is 31.8 Å². The van der Waals surface area contributed by atoms with Crippen LogP contribution in [0, 0.1) is 0 Å². The zero-order valence-corrected chi connectivity index (χ0v) is 11.2. The SMILES string of the molecule is O=C(CNCCC1CCCCO1)Nc1ccccc1. The van der Waals surface area contributed by atoms with Gasteiger partial charge in [0.05, 0.1) is 12.6 Å². The Morgan fingerprint density at radius 2 is 2.11 bits per heavy atom. The summed E-state index contributed by atoms with van der Waals surface area (Å²) >= 11 is 0. The molecule has 1 unspecified atom stereocenters. The van der Waals surface area contributed by atoms with Crippen LogP contribution >= 0.6 is 0 Å². The average molecular weight is 262 g/mol. The molecule has 0 spiro atoms. The first kappa shape index (κ1) is 14.0. The fourth-order valence-electron chi connectivity index (χ4n) is 2.23. The van der Waals surface area contributed by atoms with Gasteiger partial charge in [-0.1, -0.05) is 18.2 Å². The standard InChI is InChI=1S/C15H22N2O2/c18-15(17-13-6-2-1-3-7-13)12-16-10-9-14-8-4-5-11-19-14/h1-3,6-7,14,16H,4-5,8-12H2,(H,17,18). The normalized spacial score (nSPS) is 19.1. The van der Waals surface area contributed by atoms with E-state index in [0.29, 0.717) is 12.6 Å². The number of hydrogen-bond acceptors (Lipinski definition) is 3. The van der Waals surface area contributed by atoms with Crippen molar-refractivity contribution >= 4 is 11.6 Å². The van der Waals surface area contributed by atoms with Crippen LogP contribution in [-0.2, 0) is 9.53 Å². The smallest absolute Gasteiger partial charge is 0.238 e. The zero-order chi connectivity index (χ0) is 13.3. The van der Waals surface area contributed by atoms with Gasteiger partial charge in [0.15, 0.2) is 0 Å². The first-order valence-electron chi connectivity index (χ1n) is 7.02. The van der Waals surface area contributed by atoms with E-state index in [1.54, 1.807) is 0 Å². The molecular formula is C15H22N2O2. The number of ether oxygens (including phenoxy) is 1. The highest BCUT2D eigenvalue weighted by molar-refractivity contribution is 5.92. The van der Waals surface area contributed by atoms with Gasteiger partial charge in [-0.3, -0.25) is 4.79 Å². The van der Waals surface area contributed by atoms with Crippen LogP contribution in [0.2, 0.25) is 0 Å². The molecule has 19 heavy (non-hydrogen) atoms. The van der Waals surface area contributed by atoms with Crippen LogP contribution in [0.1, 0.15) is 25.7 Å². The van der Waals surface area contributed by atoms with Crippen LogP contribution < -0.4 is 10.6 Å². The van der Waals surface area contributed by atoms with Crippen molar-refractivity contribution in [3.63, 3.8) is 0 Å². The predicted octanol–water partition coefficient (Wildman–Crippen LogP) is 2.17. The van der Waals surface area contributed by atoms with E-state index in [2.05, 4.69) is 10.6 Å². The molecule has 2 N–H and O–H groups in total. The highest BCUT2D eigenvalue weighted by atomic mass is 16.5. The van der Waals surface area contributed by atoms with Crippen molar-refractivity contribution in [3.8, 4) is 0 Å². The molecule has 1 aliphatic heterocycles. The van der Waals surface area contributed by atoms with E-state index < -0.39 is 0 Å². The van der Waals surface area contributed by atoms with E-state index >= 15 is 0 Å². The van der Waals surface area contributed by atoms with Crippen LogP contribution in [0.4, 0.5) is 5.69 Å². The predicted molar refractivity (Wildman–Crippen MR) is 76.1 cm³/mol. The lowest BCUT2D eigenvalue weighted by atomic mass is 10.1. The lowest BCUT2D eigenvalue weighted by Gasteiger charge is -2.22. The lowest BCUT2D eigenvalue weighted by Crippen LogP contribution is -2.31. The maximum Gasteiger partial charge on any atom is 0.238 e. The molecule has 1 saturated heterocycles. The van der Waals surface area contributed by atoms with E-state index in [0.717, 1.165) is 31.7 Å². The molecule has 1 aromatic carbocycles. The molecular weight excluding hydrogens is 240 g/mol. The summed E-state index contributed by atoms with van der Waals surface area (Å²) in [6.07, 6.45) is 4.96. The topological polar surface area (TPSA) is 50.4 Å². The molecule has 104 valence electrons. The number of anilines is 1. The molecule has 0 radical (unpaired) electrons. The number of nitrogens with one attached hydrogen (secondary N) is 2. The van der Waals surface area contributed by atoms with Gasteiger partial charge in [-0.15, -0.1) is 0 Å². The molecule has 2 rings (SSSR count). The largest absolute Gasteiger partial charge is 0.378 e. The molecule has 0 saturated carbocycles. The Morgan fingerprint density at radius 3 is 2.84 bits per heavy atom. The molecule has 1 aromatic rings. The molecule has 0 bridgehead atoms. The number of amides is 1. The third-order valence-electron chi connectivity index (χ3n) is 3.26. The van der Waals surface area contributed by atoms with E-state index in [1.807, 2.05) is 30.3 Å². The van der Waals surface area contributed by atoms with Gasteiger partial charge >= 0.3 is 0 Å². The van der Waals surface area contributed by atoms with E-state index in [-0.39, 0.29) is 5.91 Å². The minimum atomic E-state index is -0.00392. The highest BCUT2D eigenvalue weighted by Crippen LogP contribution is 2.14. The van der Waals surface area contributed by atoms with Gasteiger partial charge in [-0.05, 0) is 44.4 Å². The maximum atomic E-state index is 11.7. The quantitative estimate of drug-likeness (QED) is 0.773. The number of carbonyl (C=O) groups is 1. The number of rotatable bonds is 6. The summed E-state index contributed by atoms with van der Waals surface area (Å²) in [5.74, 6) is -0.00392. The van der Waals surface area contributed by atoms with Gasteiger partial charge in [-0.25, -0.2) is 0 Å². The summed E-state index contributed by atoms with van der Waals surface area (Å²) in [5, 5.41) is 6.01. The minimum absolute atomic E-state index is 0.00392. The summed E-state index contributed by atoms with van der Waals surface area (Å²) in [4.78, 5) is 11.7. The second kappa shape index (κ2) is 7.92. The monoisotopic (exact) mass is 262 g/mol. The summed E-state index contributed by atoms with van der Waals surface area (Å²) in [6.45, 7) is 2.06. The first-order chi connectivity index (χ1) is 9.34. The molecule has 0 aromatic heterocycles. The summed E-state index contributed by atoms with van der Waals surface area (Å²) in [6, 6.07) is 9.51. The molecule has 1 aliphatic rings. The number of benzene rings is 1. The van der Waals surface area contributed by atoms with E-state index in [9.17, 15) is 4.79 Å². The van der Waals surface area contributed by atoms with Gasteiger partial charge in [0.1, 0.15) is 0 Å².